The van der Waals surface area contributed by atoms with Gasteiger partial charge < -0.3 is 19.7 Å². The predicted octanol–water partition coefficient (Wildman–Crippen LogP) is 4.57. The number of ether oxygens (including phenoxy) is 2. The van der Waals surface area contributed by atoms with E-state index in [1.165, 1.54) is 12.1 Å². The quantitative estimate of drug-likeness (QED) is 0.472. The number of nitrogens with zero attached hydrogens (tertiary/aromatic N) is 1. The van der Waals surface area contributed by atoms with Gasteiger partial charge in [-0.1, -0.05) is 66.4 Å². The number of anilines is 1. The van der Waals surface area contributed by atoms with E-state index in [-0.39, 0.29) is 25.2 Å². The van der Waals surface area contributed by atoms with E-state index in [9.17, 15) is 18.4 Å². The first-order valence-electron chi connectivity index (χ1n) is 11.6. The molecule has 5 rings (SSSR count). The number of carbonyl (C=O) groups excluding carboxylic acids is 2. The van der Waals surface area contributed by atoms with Gasteiger partial charge in [0.2, 0.25) is 11.7 Å². The van der Waals surface area contributed by atoms with Crippen LogP contribution in [0.25, 0.3) is 0 Å². The van der Waals surface area contributed by atoms with Crippen LogP contribution in [0.5, 0.6) is 0 Å². The molecule has 1 atom stereocenters. The van der Waals surface area contributed by atoms with Crippen LogP contribution in [-0.2, 0) is 24.8 Å². The van der Waals surface area contributed by atoms with E-state index >= 15 is 0 Å². The number of thioether (sulfide) groups is 1. The number of carbonyl (C=O) groups is 2. The van der Waals surface area contributed by atoms with Gasteiger partial charge in [-0.25, -0.2) is 8.78 Å². The number of halogens is 2. The Morgan fingerprint density at radius 2 is 1.61 bits per heavy atom. The zero-order chi connectivity index (χ0) is 25.2. The van der Waals surface area contributed by atoms with Gasteiger partial charge in [-0.05, 0) is 30.7 Å². The third kappa shape index (κ3) is 4.50. The second-order valence-electron chi connectivity index (χ2n) is 8.59. The maximum absolute atomic E-state index is 14.4. The van der Waals surface area contributed by atoms with E-state index in [2.05, 4.69) is 5.32 Å². The van der Waals surface area contributed by atoms with Crippen molar-refractivity contribution in [1.29, 1.82) is 0 Å². The molecule has 2 aliphatic rings. The van der Waals surface area contributed by atoms with Crippen molar-refractivity contribution in [2.45, 2.75) is 21.9 Å². The molecule has 1 unspecified atom stereocenters. The minimum Gasteiger partial charge on any atom is -0.342 e. The molecule has 3 aromatic carbocycles. The van der Waals surface area contributed by atoms with Gasteiger partial charge in [0.15, 0.2) is 16.4 Å². The molecule has 2 fully saturated rings. The van der Waals surface area contributed by atoms with Crippen LogP contribution in [0.4, 0.5) is 14.5 Å². The lowest BCUT2D eigenvalue weighted by Crippen LogP contribution is -2.50. The number of benzene rings is 3. The predicted molar refractivity (Wildman–Crippen MR) is 131 cm³/mol. The van der Waals surface area contributed by atoms with Gasteiger partial charge in [0, 0.05) is 17.0 Å². The molecule has 6 nitrogen and oxygen atoms in total. The fourth-order valence-corrected chi connectivity index (χ4v) is 5.77. The van der Waals surface area contributed by atoms with Crippen LogP contribution >= 0.6 is 11.8 Å². The number of hydrogen-bond donors (Lipinski definition) is 1. The fourth-order valence-electron chi connectivity index (χ4n) is 4.52. The molecule has 186 valence electrons. The number of amides is 2. The number of likely N-dealkylation sites (tertiary alicyclic amines) is 1. The zero-order valence-electron chi connectivity index (χ0n) is 19.3. The maximum Gasteiger partial charge on any atom is 0.250 e. The summed E-state index contributed by atoms with van der Waals surface area (Å²) in [6.45, 7) is 1.11. The molecule has 36 heavy (non-hydrogen) atoms. The molecular weight excluding hydrogens is 486 g/mol. The molecule has 2 amide bonds. The average Bonchev–Trinajstić information content (AvgIpc) is 3.50. The van der Waals surface area contributed by atoms with Crippen LogP contribution < -0.4 is 5.32 Å². The van der Waals surface area contributed by atoms with Crippen molar-refractivity contribution >= 4 is 29.3 Å². The van der Waals surface area contributed by atoms with E-state index in [4.69, 9.17) is 9.47 Å². The highest BCUT2D eigenvalue weighted by atomic mass is 32.2. The van der Waals surface area contributed by atoms with Crippen molar-refractivity contribution in [3.05, 3.63) is 96.1 Å². The Labute approximate surface area is 211 Å². The highest BCUT2D eigenvalue weighted by Crippen LogP contribution is 2.44. The molecule has 0 radical (unpaired) electrons. The summed E-state index contributed by atoms with van der Waals surface area (Å²) < 4.78 is 38.5. The summed E-state index contributed by atoms with van der Waals surface area (Å²) in [4.78, 5) is 29.8. The van der Waals surface area contributed by atoms with Crippen LogP contribution in [0, 0.1) is 11.6 Å². The van der Waals surface area contributed by atoms with Gasteiger partial charge in [0.05, 0.1) is 25.4 Å². The molecule has 1 N–H and O–H groups in total. The van der Waals surface area contributed by atoms with Gasteiger partial charge in [0.1, 0.15) is 0 Å². The first-order chi connectivity index (χ1) is 17.4. The normalized spacial score (nSPS) is 21.1. The van der Waals surface area contributed by atoms with E-state index in [1.807, 2.05) is 48.5 Å². The van der Waals surface area contributed by atoms with Crippen LogP contribution in [0.3, 0.4) is 0 Å². The van der Waals surface area contributed by atoms with Crippen molar-refractivity contribution in [2.75, 3.05) is 31.6 Å². The Morgan fingerprint density at radius 3 is 2.31 bits per heavy atom. The van der Waals surface area contributed by atoms with Crippen LogP contribution in [0.2, 0.25) is 0 Å². The lowest BCUT2D eigenvalue weighted by atomic mass is 10.0. The Bertz CT molecular complexity index is 1260. The molecule has 2 heterocycles. The highest BCUT2D eigenvalue weighted by Gasteiger charge is 2.56. The SMILES string of the molecule is O=C(Nc1cccc(F)c1F)C1(Sc2ccccc2)CCN(CC2(c3ccccc3)OCCO2)C1=O. The van der Waals surface area contributed by atoms with Crippen molar-refractivity contribution in [2.24, 2.45) is 0 Å². The first kappa shape index (κ1) is 24.4. The summed E-state index contributed by atoms with van der Waals surface area (Å²) in [5, 5.41) is 2.46. The second-order valence-corrected chi connectivity index (χ2v) is 9.96. The summed E-state index contributed by atoms with van der Waals surface area (Å²) >= 11 is 1.10. The zero-order valence-corrected chi connectivity index (χ0v) is 20.1. The van der Waals surface area contributed by atoms with Crippen molar-refractivity contribution in [3.63, 3.8) is 0 Å². The van der Waals surface area contributed by atoms with Crippen LogP contribution in [0.15, 0.2) is 83.8 Å². The Kier molecular flexibility index (Phi) is 6.79. The largest absolute Gasteiger partial charge is 0.342 e. The van der Waals surface area contributed by atoms with Crippen molar-refractivity contribution in [1.82, 2.24) is 4.90 Å². The lowest BCUT2D eigenvalue weighted by molar-refractivity contribution is -0.181. The second kappa shape index (κ2) is 10.0. The van der Waals surface area contributed by atoms with Gasteiger partial charge in [0.25, 0.3) is 5.91 Å². The molecule has 0 spiro atoms. The third-order valence-electron chi connectivity index (χ3n) is 6.33. The third-order valence-corrected chi connectivity index (χ3v) is 7.76. The van der Waals surface area contributed by atoms with Crippen LogP contribution in [-0.4, -0.2) is 47.8 Å². The maximum atomic E-state index is 14.4. The van der Waals surface area contributed by atoms with E-state index in [0.29, 0.717) is 18.1 Å². The number of rotatable bonds is 7. The van der Waals surface area contributed by atoms with E-state index < -0.39 is 34.0 Å². The van der Waals surface area contributed by atoms with Gasteiger partial charge in [-0.3, -0.25) is 9.59 Å². The molecule has 2 saturated heterocycles. The van der Waals surface area contributed by atoms with E-state index in [0.717, 1.165) is 23.4 Å². The topological polar surface area (TPSA) is 67.9 Å². The molecule has 0 saturated carbocycles. The highest BCUT2D eigenvalue weighted by molar-refractivity contribution is 8.02. The molecule has 2 aliphatic heterocycles. The Hall–Kier alpha value is -3.27. The molecular formula is C27H24F2N2O4S. The average molecular weight is 511 g/mol. The van der Waals surface area contributed by atoms with Crippen molar-refractivity contribution < 1.29 is 27.8 Å². The summed E-state index contributed by atoms with van der Waals surface area (Å²) in [5.74, 6) is -4.56. The fraction of sp³-hybridized carbons (Fsp3) is 0.259. The minimum atomic E-state index is -1.59. The lowest BCUT2D eigenvalue weighted by Gasteiger charge is -2.33. The molecule has 9 heteroatoms. The monoisotopic (exact) mass is 510 g/mol. The summed E-state index contributed by atoms with van der Waals surface area (Å²) in [6.07, 6.45) is 0.166. The van der Waals surface area contributed by atoms with Crippen LogP contribution in [0.1, 0.15) is 12.0 Å². The summed E-state index contributed by atoms with van der Waals surface area (Å²) in [7, 11) is 0. The van der Waals surface area contributed by atoms with Crippen molar-refractivity contribution in [3.8, 4) is 0 Å². The smallest absolute Gasteiger partial charge is 0.250 e. The van der Waals surface area contributed by atoms with Gasteiger partial charge in [-0.2, -0.15) is 0 Å². The van der Waals surface area contributed by atoms with Gasteiger partial charge in [-0.15, -0.1) is 0 Å². The molecule has 0 aromatic heterocycles. The molecule has 0 aliphatic carbocycles. The molecule has 0 bridgehead atoms. The number of hydrogen-bond acceptors (Lipinski definition) is 5. The summed E-state index contributed by atoms with van der Waals surface area (Å²) in [5.41, 5.74) is 0.456. The summed E-state index contributed by atoms with van der Waals surface area (Å²) in [6, 6.07) is 21.9. The van der Waals surface area contributed by atoms with Gasteiger partial charge >= 0.3 is 0 Å². The van der Waals surface area contributed by atoms with E-state index in [1.54, 1.807) is 17.0 Å². The molecule has 3 aromatic rings. The Morgan fingerprint density at radius 1 is 0.944 bits per heavy atom. The standard InChI is InChI=1S/C27H24F2N2O4S/c28-21-12-7-13-22(23(21)29)30-24(32)26(36-20-10-5-2-6-11-20)14-15-31(25(26)33)18-27(34-16-17-35-27)19-8-3-1-4-9-19/h1-13H,14-18H2,(H,30,32). The minimum absolute atomic E-state index is 0.0918. The Balaban J connectivity index is 1.46. The number of nitrogens with one attached hydrogen (secondary N) is 1. The first-order valence-corrected chi connectivity index (χ1v) is 12.4.